The molecule has 0 radical (unpaired) electrons. The topological polar surface area (TPSA) is 67.6 Å². The summed E-state index contributed by atoms with van der Waals surface area (Å²) < 4.78 is 24.2. The van der Waals surface area contributed by atoms with Gasteiger partial charge >= 0.3 is 5.97 Å². The number of hydrogen-bond acceptors (Lipinski definition) is 5. The van der Waals surface area contributed by atoms with Gasteiger partial charge in [-0.05, 0) is 67.2 Å². The maximum absolute atomic E-state index is 13.3. The van der Waals surface area contributed by atoms with Gasteiger partial charge in [0.05, 0.1) is 18.8 Å². The fourth-order valence-corrected chi connectivity index (χ4v) is 4.06. The quantitative estimate of drug-likeness (QED) is 0.432. The summed E-state index contributed by atoms with van der Waals surface area (Å²) in [6.07, 6.45) is 2.63. The molecule has 160 valence electrons. The van der Waals surface area contributed by atoms with E-state index in [2.05, 4.69) is 10.3 Å². The highest BCUT2D eigenvalue weighted by molar-refractivity contribution is 7.80. The van der Waals surface area contributed by atoms with Crippen LogP contribution in [0.3, 0.4) is 0 Å². The first-order chi connectivity index (χ1) is 15.1. The van der Waals surface area contributed by atoms with Crippen LogP contribution in [-0.4, -0.2) is 34.6 Å². The molecule has 1 saturated heterocycles. The zero-order valence-electron chi connectivity index (χ0n) is 17.0. The maximum atomic E-state index is 13.3. The Morgan fingerprint density at radius 2 is 2.03 bits per heavy atom. The van der Waals surface area contributed by atoms with Crippen LogP contribution in [0.15, 0.2) is 65.2 Å². The fraction of sp³-hybridized carbons (Fsp3) is 0.261. The number of nitrogens with one attached hydrogen (secondary N) is 1. The predicted octanol–water partition coefficient (Wildman–Crippen LogP) is 4.41. The maximum Gasteiger partial charge on any atom is 0.305 e. The Balaban J connectivity index is 1.64. The van der Waals surface area contributed by atoms with Gasteiger partial charge in [0.1, 0.15) is 23.4 Å². The number of esters is 1. The van der Waals surface area contributed by atoms with Crippen molar-refractivity contribution in [2.24, 2.45) is 0 Å². The van der Waals surface area contributed by atoms with Crippen LogP contribution in [0.25, 0.3) is 11.3 Å². The molecule has 0 amide bonds. The number of halogens is 1. The van der Waals surface area contributed by atoms with Gasteiger partial charge in [-0.2, -0.15) is 0 Å². The van der Waals surface area contributed by atoms with Crippen molar-refractivity contribution in [3.8, 4) is 11.3 Å². The van der Waals surface area contributed by atoms with Crippen molar-refractivity contribution in [2.75, 3.05) is 13.7 Å². The highest BCUT2D eigenvalue weighted by atomic mass is 32.1. The predicted molar refractivity (Wildman–Crippen MR) is 118 cm³/mol. The average Bonchev–Trinajstić information content (AvgIpc) is 3.39. The largest absolute Gasteiger partial charge is 0.469 e. The number of furan rings is 1. The van der Waals surface area contributed by atoms with Crippen LogP contribution in [0.2, 0.25) is 0 Å². The van der Waals surface area contributed by atoms with Gasteiger partial charge in [0.2, 0.25) is 0 Å². The molecule has 1 aromatic carbocycles. The number of ether oxygens (including phenoxy) is 1. The number of aromatic nitrogens is 1. The number of pyridine rings is 1. The SMILES string of the molecule is COC(=O)CCCN1C(=S)N[C@H](c2ccccn2)[C@@H]1c1ccc(-c2ccc(F)cc2)o1. The van der Waals surface area contributed by atoms with Gasteiger partial charge in [0, 0.05) is 24.7 Å². The highest BCUT2D eigenvalue weighted by Crippen LogP contribution is 2.40. The van der Waals surface area contributed by atoms with Crippen LogP contribution >= 0.6 is 12.2 Å². The van der Waals surface area contributed by atoms with E-state index in [9.17, 15) is 9.18 Å². The lowest BCUT2D eigenvalue weighted by molar-refractivity contribution is -0.140. The summed E-state index contributed by atoms with van der Waals surface area (Å²) in [7, 11) is 1.38. The zero-order chi connectivity index (χ0) is 21.8. The summed E-state index contributed by atoms with van der Waals surface area (Å²) in [5.74, 6) is 0.794. The van der Waals surface area contributed by atoms with Gasteiger partial charge in [-0.15, -0.1) is 0 Å². The Bertz CT molecular complexity index is 1060. The molecule has 0 bridgehead atoms. The molecular weight excluding hydrogens is 417 g/mol. The van der Waals surface area contributed by atoms with Crippen molar-refractivity contribution < 1.29 is 18.3 Å². The van der Waals surface area contributed by atoms with Crippen LogP contribution in [-0.2, 0) is 9.53 Å². The molecule has 6 nitrogen and oxygen atoms in total. The van der Waals surface area contributed by atoms with Crippen LogP contribution in [0, 0.1) is 5.82 Å². The van der Waals surface area contributed by atoms with Crippen molar-refractivity contribution in [3.05, 3.63) is 78.1 Å². The number of rotatable bonds is 7. The Morgan fingerprint density at radius 3 is 2.74 bits per heavy atom. The van der Waals surface area contributed by atoms with Gasteiger partial charge in [-0.1, -0.05) is 6.07 Å². The Morgan fingerprint density at radius 1 is 1.23 bits per heavy atom. The first-order valence-electron chi connectivity index (χ1n) is 9.97. The molecule has 31 heavy (non-hydrogen) atoms. The third-order valence-electron chi connectivity index (χ3n) is 5.25. The van der Waals surface area contributed by atoms with Crippen LogP contribution < -0.4 is 5.32 Å². The van der Waals surface area contributed by atoms with Crippen LogP contribution in [0.1, 0.15) is 36.4 Å². The van der Waals surface area contributed by atoms with Crippen molar-refractivity contribution in [1.82, 2.24) is 15.2 Å². The van der Waals surface area contributed by atoms with E-state index in [1.807, 2.05) is 35.2 Å². The number of methoxy groups -OCH3 is 1. The van der Waals surface area contributed by atoms with E-state index in [0.29, 0.717) is 36.0 Å². The second kappa shape index (κ2) is 9.26. The Hall–Kier alpha value is -3.26. The number of benzene rings is 1. The van der Waals surface area contributed by atoms with E-state index in [4.69, 9.17) is 21.4 Å². The molecule has 3 heterocycles. The van der Waals surface area contributed by atoms with Gasteiger partial charge in [-0.3, -0.25) is 9.78 Å². The average molecular weight is 440 g/mol. The molecule has 2 atom stereocenters. The molecule has 1 N–H and O–H groups in total. The molecular formula is C23H22FN3O3S. The fourth-order valence-electron chi connectivity index (χ4n) is 3.73. The van der Waals surface area contributed by atoms with Crippen molar-refractivity contribution in [2.45, 2.75) is 24.9 Å². The smallest absolute Gasteiger partial charge is 0.305 e. The van der Waals surface area contributed by atoms with E-state index in [1.165, 1.54) is 19.2 Å². The molecule has 0 unspecified atom stereocenters. The highest BCUT2D eigenvalue weighted by Gasteiger charge is 2.41. The molecule has 4 rings (SSSR count). The number of thiocarbonyl (C=S) groups is 1. The van der Waals surface area contributed by atoms with Crippen LogP contribution in [0.5, 0.6) is 0 Å². The molecule has 0 saturated carbocycles. The molecule has 0 aliphatic carbocycles. The summed E-state index contributed by atoms with van der Waals surface area (Å²) in [5, 5.41) is 3.92. The second-order valence-electron chi connectivity index (χ2n) is 7.21. The summed E-state index contributed by atoms with van der Waals surface area (Å²) in [5.41, 5.74) is 1.62. The summed E-state index contributed by atoms with van der Waals surface area (Å²) >= 11 is 5.60. The number of nitrogens with zero attached hydrogens (tertiary/aromatic N) is 2. The second-order valence-corrected chi connectivity index (χ2v) is 7.60. The minimum absolute atomic E-state index is 0.209. The van der Waals surface area contributed by atoms with Crippen molar-refractivity contribution >= 4 is 23.3 Å². The third-order valence-corrected chi connectivity index (χ3v) is 5.60. The normalized spacial score (nSPS) is 18.1. The van der Waals surface area contributed by atoms with Crippen molar-refractivity contribution in [1.29, 1.82) is 0 Å². The molecule has 2 aromatic heterocycles. The summed E-state index contributed by atoms with van der Waals surface area (Å²) in [4.78, 5) is 18.1. The van der Waals surface area contributed by atoms with E-state index in [0.717, 1.165) is 11.3 Å². The minimum atomic E-state index is -0.298. The minimum Gasteiger partial charge on any atom is -0.469 e. The monoisotopic (exact) mass is 439 g/mol. The Labute approximate surface area is 185 Å². The molecule has 0 spiro atoms. The van der Waals surface area contributed by atoms with Crippen LogP contribution in [0.4, 0.5) is 4.39 Å². The first kappa shape index (κ1) is 21.0. The molecule has 1 aliphatic heterocycles. The number of carbonyl (C=O) groups is 1. The number of hydrogen-bond donors (Lipinski definition) is 1. The van der Waals surface area contributed by atoms with E-state index >= 15 is 0 Å². The lowest BCUT2D eigenvalue weighted by atomic mass is 10.0. The lowest BCUT2D eigenvalue weighted by Gasteiger charge is -2.25. The van der Waals surface area contributed by atoms with E-state index in [-0.39, 0.29) is 23.9 Å². The molecule has 1 aliphatic rings. The Kier molecular flexibility index (Phi) is 6.27. The summed E-state index contributed by atoms with van der Waals surface area (Å²) in [6.45, 7) is 0.557. The van der Waals surface area contributed by atoms with Gasteiger partial charge in [0.15, 0.2) is 5.11 Å². The lowest BCUT2D eigenvalue weighted by Crippen LogP contribution is -2.30. The van der Waals surface area contributed by atoms with Crippen molar-refractivity contribution in [3.63, 3.8) is 0 Å². The molecule has 8 heteroatoms. The van der Waals surface area contributed by atoms with E-state index in [1.54, 1.807) is 18.3 Å². The van der Waals surface area contributed by atoms with Gasteiger partial charge in [-0.25, -0.2) is 4.39 Å². The van der Waals surface area contributed by atoms with Gasteiger partial charge < -0.3 is 19.4 Å². The van der Waals surface area contributed by atoms with Gasteiger partial charge in [0.25, 0.3) is 0 Å². The zero-order valence-corrected chi connectivity index (χ0v) is 17.8. The standard InChI is InChI=1S/C23H22FN3O3S/c1-29-20(28)6-4-14-27-22(21(26-23(27)31)17-5-2-3-13-25-17)19-12-11-18(30-19)15-7-9-16(24)10-8-15/h2-3,5,7-13,21-22H,4,6,14H2,1H3,(H,26,31)/t21-,22+/m1/s1. The number of carbonyl (C=O) groups excluding carboxylic acids is 1. The molecule has 1 fully saturated rings. The summed E-state index contributed by atoms with van der Waals surface area (Å²) in [6, 6.07) is 15.2. The van der Waals surface area contributed by atoms with E-state index < -0.39 is 0 Å². The third kappa shape index (κ3) is 4.59. The molecule has 3 aromatic rings. The first-order valence-corrected chi connectivity index (χ1v) is 10.4.